The quantitative estimate of drug-likeness (QED) is 0.837. The van der Waals surface area contributed by atoms with Gasteiger partial charge >= 0.3 is 0 Å². The van der Waals surface area contributed by atoms with E-state index in [1.165, 1.54) is 22.8 Å². The molecule has 1 heterocycles. The Morgan fingerprint density at radius 2 is 1.87 bits per heavy atom. The van der Waals surface area contributed by atoms with Gasteiger partial charge in [-0.2, -0.15) is 0 Å². The van der Waals surface area contributed by atoms with Crippen molar-refractivity contribution < 1.29 is 4.39 Å². The number of dihydropyridines is 1. The molecule has 1 aliphatic heterocycles. The van der Waals surface area contributed by atoms with E-state index in [0.717, 1.165) is 28.8 Å². The summed E-state index contributed by atoms with van der Waals surface area (Å²) >= 11 is 0. The molecule has 0 unspecified atom stereocenters. The number of benzene rings is 2. The Morgan fingerprint density at radius 3 is 2.61 bits per heavy atom. The zero-order valence-electron chi connectivity index (χ0n) is 13.5. The van der Waals surface area contributed by atoms with E-state index in [9.17, 15) is 4.39 Å². The summed E-state index contributed by atoms with van der Waals surface area (Å²) in [7, 11) is 0. The molecule has 0 aliphatic carbocycles. The lowest BCUT2D eigenvalue weighted by atomic mass is 9.91. The second kappa shape index (κ2) is 6.25. The van der Waals surface area contributed by atoms with Crippen molar-refractivity contribution in [3.05, 3.63) is 101 Å². The highest BCUT2D eigenvalue weighted by Crippen LogP contribution is 2.27. The maximum Gasteiger partial charge on any atom is 0.123 e. The minimum Gasteiger partial charge on any atom is -0.362 e. The van der Waals surface area contributed by atoms with Gasteiger partial charge in [0.1, 0.15) is 5.82 Å². The molecule has 2 aromatic rings. The lowest BCUT2D eigenvalue weighted by Gasteiger charge is -2.16. The predicted molar refractivity (Wildman–Crippen MR) is 94.5 cm³/mol. The Labute approximate surface area is 136 Å². The molecule has 2 heteroatoms. The van der Waals surface area contributed by atoms with Crippen molar-refractivity contribution in [1.29, 1.82) is 0 Å². The Bertz CT molecular complexity index is 828. The van der Waals surface area contributed by atoms with Crippen molar-refractivity contribution in [2.75, 3.05) is 0 Å². The van der Waals surface area contributed by atoms with Crippen LogP contribution >= 0.6 is 0 Å². The first-order chi connectivity index (χ1) is 11.0. The molecule has 1 aliphatic rings. The van der Waals surface area contributed by atoms with E-state index in [2.05, 4.69) is 43.1 Å². The van der Waals surface area contributed by atoms with Gasteiger partial charge in [0, 0.05) is 11.9 Å². The fraction of sp³-hybridized carbons (Fsp3) is 0.143. The lowest BCUT2D eigenvalue weighted by molar-refractivity contribution is 0.626. The highest BCUT2D eigenvalue weighted by molar-refractivity contribution is 5.79. The number of rotatable bonds is 3. The molecule has 0 atom stereocenters. The fourth-order valence-corrected chi connectivity index (χ4v) is 2.90. The molecule has 0 amide bonds. The molecular weight excluding hydrogens is 285 g/mol. The van der Waals surface area contributed by atoms with E-state index in [4.69, 9.17) is 0 Å². The van der Waals surface area contributed by atoms with Crippen LogP contribution < -0.4 is 5.32 Å². The number of aryl methyl sites for hydroxylation is 2. The normalized spacial score (nSPS) is 13.7. The van der Waals surface area contributed by atoms with Crippen LogP contribution in [0.25, 0.3) is 5.57 Å². The number of halogens is 1. The summed E-state index contributed by atoms with van der Waals surface area (Å²) in [5, 5.41) is 3.08. The standard InChI is InChI=1S/C21H20FN/c1-14-4-7-21(18-8-9-23-16(3)12-18)19(10-14)13-17-5-6-20(22)11-15(17)2/h4-12,23H,3,13H2,1-2H3. The van der Waals surface area contributed by atoms with Gasteiger partial charge in [-0.1, -0.05) is 36.4 Å². The van der Waals surface area contributed by atoms with E-state index < -0.39 is 0 Å². The maximum atomic E-state index is 13.3. The molecule has 0 saturated carbocycles. The topological polar surface area (TPSA) is 12.0 Å². The van der Waals surface area contributed by atoms with Gasteiger partial charge in [0.25, 0.3) is 0 Å². The third-order valence-electron chi connectivity index (χ3n) is 4.12. The average Bonchev–Trinajstić information content (AvgIpc) is 2.50. The van der Waals surface area contributed by atoms with Crippen molar-refractivity contribution in [3.8, 4) is 0 Å². The summed E-state index contributed by atoms with van der Waals surface area (Å²) in [5.41, 5.74) is 7.81. The van der Waals surface area contributed by atoms with Crippen LogP contribution in [0.4, 0.5) is 4.39 Å². The Morgan fingerprint density at radius 1 is 1.04 bits per heavy atom. The van der Waals surface area contributed by atoms with E-state index in [1.54, 1.807) is 6.07 Å². The smallest absolute Gasteiger partial charge is 0.123 e. The third-order valence-corrected chi connectivity index (χ3v) is 4.12. The minimum atomic E-state index is -0.184. The molecule has 0 spiro atoms. The summed E-state index contributed by atoms with van der Waals surface area (Å²) in [6, 6.07) is 11.5. The summed E-state index contributed by atoms with van der Waals surface area (Å²) < 4.78 is 13.3. The maximum absolute atomic E-state index is 13.3. The molecule has 3 rings (SSSR count). The average molecular weight is 305 g/mol. The van der Waals surface area contributed by atoms with Gasteiger partial charge in [-0.25, -0.2) is 4.39 Å². The minimum absolute atomic E-state index is 0.184. The molecule has 0 fully saturated rings. The molecule has 1 N–H and O–H groups in total. The second-order valence-corrected chi connectivity index (χ2v) is 6.01. The van der Waals surface area contributed by atoms with Gasteiger partial charge in [0.2, 0.25) is 0 Å². The van der Waals surface area contributed by atoms with Gasteiger partial charge < -0.3 is 5.32 Å². The number of hydrogen-bond acceptors (Lipinski definition) is 1. The molecule has 23 heavy (non-hydrogen) atoms. The summed E-state index contributed by atoms with van der Waals surface area (Å²) in [4.78, 5) is 0. The SMILES string of the molecule is C=C1C=C(c2ccc(C)cc2Cc2ccc(F)cc2C)C=CN1. The van der Waals surface area contributed by atoms with Crippen LogP contribution in [-0.2, 0) is 6.42 Å². The van der Waals surface area contributed by atoms with Gasteiger partial charge in [-0.3, -0.25) is 0 Å². The third kappa shape index (κ3) is 3.42. The van der Waals surface area contributed by atoms with Gasteiger partial charge in [0.05, 0.1) is 0 Å². The second-order valence-electron chi connectivity index (χ2n) is 6.01. The first-order valence-electron chi connectivity index (χ1n) is 7.71. The Hall–Kier alpha value is -2.61. The van der Waals surface area contributed by atoms with Gasteiger partial charge in [-0.15, -0.1) is 0 Å². The molecule has 0 bridgehead atoms. The van der Waals surface area contributed by atoms with Crippen molar-refractivity contribution >= 4 is 5.57 Å². The Balaban J connectivity index is 2.03. The fourth-order valence-electron chi connectivity index (χ4n) is 2.90. The van der Waals surface area contributed by atoms with Crippen LogP contribution in [0.1, 0.15) is 27.8 Å². The van der Waals surface area contributed by atoms with Crippen LogP contribution in [0.3, 0.4) is 0 Å². The Kier molecular flexibility index (Phi) is 4.16. The summed E-state index contributed by atoms with van der Waals surface area (Å²) in [6.45, 7) is 8.02. The van der Waals surface area contributed by atoms with Crippen LogP contribution in [-0.4, -0.2) is 0 Å². The van der Waals surface area contributed by atoms with Gasteiger partial charge in [0.15, 0.2) is 0 Å². The first kappa shape index (κ1) is 15.3. The number of nitrogens with one attached hydrogen (secondary N) is 1. The van der Waals surface area contributed by atoms with Gasteiger partial charge in [-0.05, 0) is 72.4 Å². The zero-order valence-corrected chi connectivity index (χ0v) is 13.5. The molecule has 1 nitrogen and oxygen atoms in total. The van der Waals surface area contributed by atoms with E-state index in [-0.39, 0.29) is 5.82 Å². The molecule has 116 valence electrons. The van der Waals surface area contributed by atoms with Crippen LogP contribution in [0.15, 0.2) is 67.0 Å². The van der Waals surface area contributed by atoms with Crippen LogP contribution in [0.5, 0.6) is 0 Å². The highest BCUT2D eigenvalue weighted by atomic mass is 19.1. The molecule has 0 saturated heterocycles. The largest absolute Gasteiger partial charge is 0.362 e. The summed E-state index contributed by atoms with van der Waals surface area (Å²) in [6.07, 6.45) is 6.80. The first-order valence-corrected chi connectivity index (χ1v) is 7.71. The molecule has 0 radical (unpaired) electrons. The molecule has 0 aromatic heterocycles. The number of allylic oxidation sites excluding steroid dienone is 3. The predicted octanol–water partition coefficient (Wildman–Crippen LogP) is 5.05. The van der Waals surface area contributed by atoms with Crippen molar-refractivity contribution in [1.82, 2.24) is 5.32 Å². The highest BCUT2D eigenvalue weighted by Gasteiger charge is 2.11. The zero-order chi connectivity index (χ0) is 16.4. The molecule has 2 aromatic carbocycles. The molecular formula is C21H20FN. The van der Waals surface area contributed by atoms with Crippen molar-refractivity contribution in [2.24, 2.45) is 0 Å². The van der Waals surface area contributed by atoms with Crippen molar-refractivity contribution in [3.63, 3.8) is 0 Å². The number of hydrogen-bond donors (Lipinski definition) is 1. The van der Waals surface area contributed by atoms with E-state index in [1.807, 2.05) is 25.3 Å². The van der Waals surface area contributed by atoms with Crippen LogP contribution in [0.2, 0.25) is 0 Å². The summed E-state index contributed by atoms with van der Waals surface area (Å²) in [5.74, 6) is -0.184. The monoisotopic (exact) mass is 305 g/mol. The van der Waals surface area contributed by atoms with Crippen LogP contribution in [0, 0.1) is 19.7 Å². The van der Waals surface area contributed by atoms with E-state index >= 15 is 0 Å². The van der Waals surface area contributed by atoms with Crippen molar-refractivity contribution in [2.45, 2.75) is 20.3 Å². The van der Waals surface area contributed by atoms with E-state index in [0.29, 0.717) is 0 Å². The lowest BCUT2D eigenvalue weighted by Crippen LogP contribution is -2.06.